The zero-order valence-corrected chi connectivity index (χ0v) is 16.2. The maximum Gasteiger partial charge on any atom is 0.270 e. The highest BCUT2D eigenvalue weighted by Crippen LogP contribution is 2.12. The number of amides is 1. The van der Waals surface area contributed by atoms with Gasteiger partial charge in [0.05, 0.1) is 10.0 Å². The van der Waals surface area contributed by atoms with Gasteiger partial charge in [-0.05, 0) is 32.7 Å². The smallest absolute Gasteiger partial charge is 0.270 e. The first-order valence-electron chi connectivity index (χ1n) is 7.02. The molecule has 2 heterocycles. The van der Waals surface area contributed by atoms with Crippen LogP contribution in [0.4, 0.5) is 0 Å². The molecule has 0 bridgehead atoms. The molecule has 2 aromatic heterocycles. The molecule has 0 aliphatic rings. The molecule has 0 spiro atoms. The van der Waals surface area contributed by atoms with Gasteiger partial charge in [0.2, 0.25) is 0 Å². The van der Waals surface area contributed by atoms with Crippen LogP contribution in [0.5, 0.6) is 0 Å². The van der Waals surface area contributed by atoms with Crippen molar-refractivity contribution in [2.75, 3.05) is 13.1 Å². The van der Waals surface area contributed by atoms with Crippen LogP contribution in [-0.2, 0) is 12.8 Å². The molecule has 0 saturated heterocycles. The van der Waals surface area contributed by atoms with E-state index in [1.165, 1.54) is 16.3 Å². The number of aryl methyl sites for hydroxylation is 2. The molecule has 2 rings (SSSR count). The molecular weight excluding hydrogens is 375 g/mol. The van der Waals surface area contributed by atoms with E-state index in [2.05, 4.69) is 20.7 Å². The predicted octanol–water partition coefficient (Wildman–Crippen LogP) is 3.01. The second kappa shape index (κ2) is 11.8. The van der Waals surface area contributed by atoms with Gasteiger partial charge in [-0.15, -0.1) is 47.5 Å². The molecule has 0 aliphatic carbocycles. The third kappa shape index (κ3) is 7.58. The average Bonchev–Trinajstić information content (AvgIpc) is 3.08. The molecule has 23 heavy (non-hydrogen) atoms. The molecule has 0 saturated carbocycles. The number of carbonyl (C=O) groups excluding carboxylic acids is 1. The molecule has 1 amide bonds. The number of aromatic nitrogens is 2. The van der Waals surface area contributed by atoms with Gasteiger partial charge in [-0.2, -0.15) is 0 Å². The minimum Gasteiger partial charge on any atom is -0.351 e. The van der Waals surface area contributed by atoms with Crippen molar-refractivity contribution in [1.82, 2.24) is 15.3 Å². The Hall–Kier alpha value is -0.730. The summed E-state index contributed by atoms with van der Waals surface area (Å²) < 4.78 is 0. The van der Waals surface area contributed by atoms with E-state index in [-0.39, 0.29) is 30.7 Å². The Kier molecular flexibility index (Phi) is 11.4. The molecule has 9 heteroatoms. The molecule has 0 unspecified atom stereocenters. The summed E-state index contributed by atoms with van der Waals surface area (Å²) in [7, 11) is 0. The van der Waals surface area contributed by atoms with E-state index in [0.29, 0.717) is 18.8 Å². The maximum atomic E-state index is 11.9. The summed E-state index contributed by atoms with van der Waals surface area (Å²) in [5.41, 5.74) is 7.05. The van der Waals surface area contributed by atoms with Crippen LogP contribution < -0.4 is 11.1 Å². The fraction of sp³-hybridized carbons (Fsp3) is 0.500. The first-order valence-corrected chi connectivity index (χ1v) is 8.78. The number of halogens is 2. The van der Waals surface area contributed by atoms with Gasteiger partial charge in [-0.3, -0.25) is 4.79 Å². The van der Waals surface area contributed by atoms with Crippen LogP contribution in [0.2, 0.25) is 0 Å². The van der Waals surface area contributed by atoms with E-state index in [4.69, 9.17) is 5.73 Å². The van der Waals surface area contributed by atoms with Crippen LogP contribution in [0.15, 0.2) is 10.8 Å². The molecule has 0 fully saturated rings. The first kappa shape index (κ1) is 22.3. The second-order valence-electron chi connectivity index (χ2n) is 4.76. The fourth-order valence-electron chi connectivity index (χ4n) is 1.86. The molecule has 0 radical (unpaired) electrons. The number of hydrogen-bond acceptors (Lipinski definition) is 6. The number of carbonyl (C=O) groups is 1. The number of rotatable bonds is 8. The van der Waals surface area contributed by atoms with Crippen LogP contribution in [0.25, 0.3) is 0 Å². The summed E-state index contributed by atoms with van der Waals surface area (Å²) in [5, 5.41) is 8.85. The zero-order valence-electron chi connectivity index (χ0n) is 12.9. The van der Waals surface area contributed by atoms with Gasteiger partial charge in [0, 0.05) is 29.4 Å². The highest BCUT2D eigenvalue weighted by molar-refractivity contribution is 7.10. The number of hydrogen-bond donors (Lipinski definition) is 2. The number of thiazole rings is 2. The van der Waals surface area contributed by atoms with Crippen LogP contribution in [0, 0.1) is 6.92 Å². The SMILES string of the molecule is Cc1csc(CCCCNC(=O)c2csc(CCN)n2)n1.Cl.Cl. The summed E-state index contributed by atoms with van der Waals surface area (Å²) in [6.45, 7) is 3.24. The molecule has 0 atom stereocenters. The lowest BCUT2D eigenvalue weighted by molar-refractivity contribution is 0.0948. The van der Waals surface area contributed by atoms with E-state index in [1.807, 2.05) is 6.92 Å². The normalized spacial score (nSPS) is 9.83. The molecule has 3 N–H and O–H groups in total. The Morgan fingerprint density at radius 3 is 2.48 bits per heavy atom. The number of nitrogens with one attached hydrogen (secondary N) is 1. The van der Waals surface area contributed by atoms with Crippen molar-refractivity contribution in [3.63, 3.8) is 0 Å². The first-order chi connectivity index (χ1) is 10.2. The van der Waals surface area contributed by atoms with Crippen molar-refractivity contribution in [1.29, 1.82) is 0 Å². The van der Waals surface area contributed by atoms with Crippen molar-refractivity contribution >= 4 is 53.4 Å². The summed E-state index contributed by atoms with van der Waals surface area (Å²) in [5.74, 6) is -0.0976. The third-order valence-corrected chi connectivity index (χ3v) is 4.85. The van der Waals surface area contributed by atoms with Crippen molar-refractivity contribution < 1.29 is 4.79 Å². The van der Waals surface area contributed by atoms with Crippen LogP contribution in [-0.4, -0.2) is 29.0 Å². The standard InChI is InChI=1S/C14H20N4OS2.2ClH/c1-10-8-20-12(17-10)4-2-3-7-16-14(19)11-9-21-13(18-11)5-6-15;;/h8-9H,2-7,15H2,1H3,(H,16,19);2*1H. The number of nitrogens with two attached hydrogens (primary N) is 1. The highest BCUT2D eigenvalue weighted by atomic mass is 35.5. The van der Waals surface area contributed by atoms with Gasteiger partial charge >= 0.3 is 0 Å². The maximum absolute atomic E-state index is 11.9. The highest BCUT2D eigenvalue weighted by Gasteiger charge is 2.09. The Morgan fingerprint density at radius 1 is 1.13 bits per heavy atom. The monoisotopic (exact) mass is 396 g/mol. The average molecular weight is 397 g/mol. The quantitative estimate of drug-likeness (QED) is 0.671. The molecule has 0 aromatic carbocycles. The summed E-state index contributed by atoms with van der Waals surface area (Å²) in [6.07, 6.45) is 3.68. The largest absolute Gasteiger partial charge is 0.351 e. The fourth-order valence-corrected chi connectivity index (χ4v) is 3.48. The summed E-state index contributed by atoms with van der Waals surface area (Å²) in [6, 6.07) is 0. The van der Waals surface area contributed by atoms with Gasteiger partial charge in [0.1, 0.15) is 5.69 Å². The topological polar surface area (TPSA) is 80.9 Å². The van der Waals surface area contributed by atoms with Crippen molar-refractivity contribution in [2.24, 2.45) is 5.73 Å². The predicted molar refractivity (Wildman–Crippen MR) is 101 cm³/mol. The third-order valence-electron chi connectivity index (χ3n) is 2.91. The zero-order chi connectivity index (χ0) is 15.1. The van der Waals surface area contributed by atoms with Gasteiger partial charge in [0.15, 0.2) is 0 Å². The van der Waals surface area contributed by atoms with Crippen LogP contribution in [0.3, 0.4) is 0 Å². The Bertz CT molecular complexity index is 589. The van der Waals surface area contributed by atoms with Crippen LogP contribution >= 0.6 is 47.5 Å². The van der Waals surface area contributed by atoms with Gasteiger partial charge in [0.25, 0.3) is 5.91 Å². The van der Waals surface area contributed by atoms with Gasteiger partial charge in [-0.25, -0.2) is 9.97 Å². The van der Waals surface area contributed by atoms with E-state index < -0.39 is 0 Å². The Labute approximate surface area is 156 Å². The van der Waals surface area contributed by atoms with Gasteiger partial charge < -0.3 is 11.1 Å². The second-order valence-corrected chi connectivity index (χ2v) is 6.65. The molecule has 0 aliphatic heterocycles. The van der Waals surface area contributed by atoms with E-state index in [0.717, 1.165) is 36.4 Å². The lowest BCUT2D eigenvalue weighted by atomic mass is 10.2. The minimum absolute atomic E-state index is 0. The number of nitrogens with zero attached hydrogens (tertiary/aromatic N) is 2. The van der Waals surface area contributed by atoms with Crippen molar-refractivity contribution in [2.45, 2.75) is 32.6 Å². The summed E-state index contributed by atoms with van der Waals surface area (Å²) >= 11 is 3.19. The lowest BCUT2D eigenvalue weighted by Crippen LogP contribution is -2.24. The van der Waals surface area contributed by atoms with Gasteiger partial charge in [-0.1, -0.05) is 0 Å². The Balaban J connectivity index is 0.00000242. The summed E-state index contributed by atoms with van der Waals surface area (Å²) in [4.78, 5) is 20.6. The van der Waals surface area contributed by atoms with Crippen LogP contribution in [0.1, 0.15) is 39.0 Å². The molecule has 130 valence electrons. The Morgan fingerprint density at radius 2 is 1.83 bits per heavy atom. The molecule has 2 aromatic rings. The van der Waals surface area contributed by atoms with Crippen molar-refractivity contribution in [3.05, 3.63) is 32.2 Å². The van der Waals surface area contributed by atoms with E-state index >= 15 is 0 Å². The molecular formula is C14H22Cl2N4OS2. The van der Waals surface area contributed by atoms with Crippen molar-refractivity contribution in [3.8, 4) is 0 Å². The minimum atomic E-state index is -0.0976. The number of unbranched alkanes of at least 4 members (excludes halogenated alkanes) is 1. The molecule has 5 nitrogen and oxygen atoms in total. The lowest BCUT2D eigenvalue weighted by Gasteiger charge is -2.02. The van der Waals surface area contributed by atoms with E-state index in [9.17, 15) is 4.79 Å². The van der Waals surface area contributed by atoms with E-state index in [1.54, 1.807) is 16.7 Å².